The molecule has 0 aliphatic carbocycles. The third kappa shape index (κ3) is 7.02. The third-order valence-electron chi connectivity index (χ3n) is 8.86. The van der Waals surface area contributed by atoms with E-state index in [-0.39, 0.29) is 11.1 Å². The Bertz CT molecular complexity index is 1730. The number of aryl methyl sites for hydroxylation is 1. The van der Waals surface area contributed by atoms with E-state index in [1.54, 1.807) is 26.0 Å². The molecule has 1 nitrogen and oxygen atoms in total. The topological polar surface area (TPSA) is 9.23 Å². The quantitative estimate of drug-likeness (QED) is 0.114. The molecule has 0 aliphatic rings. The van der Waals surface area contributed by atoms with Gasteiger partial charge in [-0.05, 0) is 96.8 Å². The van der Waals surface area contributed by atoms with Crippen LogP contribution in [0.3, 0.4) is 0 Å². The summed E-state index contributed by atoms with van der Waals surface area (Å²) in [5.41, 5.74) is -4.73. The van der Waals surface area contributed by atoms with Crippen LogP contribution in [0.4, 0.5) is 39.5 Å². The first kappa shape index (κ1) is 35.9. The van der Waals surface area contributed by atoms with Crippen molar-refractivity contribution < 1.29 is 44.3 Å². The van der Waals surface area contributed by atoms with Crippen molar-refractivity contribution in [3.05, 3.63) is 124 Å². The standard InChI is InChI=1S/C37H35F9O/c1-7-36(6,37(45,46)47-24-11-12-25(27(38)19-24)22-15-31(42)34(44)32(43)16-22)33-29(40)17-23(18-30(33)41)35(4,5)26-13-10-21(14-28(26)39)9-8-20(2)3/h10-20H,7-9H2,1-6H3. The molecule has 4 rings (SSSR count). The first-order valence-electron chi connectivity index (χ1n) is 15.1. The van der Waals surface area contributed by atoms with Crippen molar-refractivity contribution >= 4 is 0 Å². The van der Waals surface area contributed by atoms with E-state index in [1.807, 2.05) is 13.8 Å². The van der Waals surface area contributed by atoms with Gasteiger partial charge in [-0.25, -0.2) is 30.7 Å². The van der Waals surface area contributed by atoms with Gasteiger partial charge in [0.2, 0.25) is 0 Å². The fraction of sp³-hybridized carbons (Fsp3) is 0.351. The second kappa shape index (κ2) is 13.3. The lowest BCUT2D eigenvalue weighted by atomic mass is 9.74. The van der Waals surface area contributed by atoms with Crippen molar-refractivity contribution in [2.45, 2.75) is 77.7 Å². The van der Waals surface area contributed by atoms with Gasteiger partial charge in [0.05, 0.1) is 0 Å². The Kier molecular flexibility index (Phi) is 10.1. The Morgan fingerprint density at radius 1 is 0.681 bits per heavy atom. The van der Waals surface area contributed by atoms with Crippen molar-refractivity contribution in [1.29, 1.82) is 0 Å². The lowest BCUT2D eigenvalue weighted by molar-refractivity contribution is -0.227. The molecular weight excluding hydrogens is 631 g/mol. The van der Waals surface area contributed by atoms with Gasteiger partial charge < -0.3 is 4.74 Å². The molecule has 4 aromatic rings. The maximum absolute atomic E-state index is 15.8. The van der Waals surface area contributed by atoms with Crippen LogP contribution >= 0.6 is 0 Å². The van der Waals surface area contributed by atoms with Crippen molar-refractivity contribution in [3.8, 4) is 16.9 Å². The summed E-state index contributed by atoms with van der Waals surface area (Å²) in [6.45, 7) is 9.39. The van der Waals surface area contributed by atoms with Gasteiger partial charge in [0, 0.05) is 22.6 Å². The minimum atomic E-state index is -4.32. The number of hydrogen-bond donors (Lipinski definition) is 0. The molecule has 0 spiro atoms. The molecule has 0 amide bonds. The number of alkyl halides is 2. The Balaban J connectivity index is 1.66. The monoisotopic (exact) mass is 666 g/mol. The summed E-state index contributed by atoms with van der Waals surface area (Å²) < 4.78 is 139. The van der Waals surface area contributed by atoms with E-state index in [0.29, 0.717) is 30.5 Å². The molecule has 0 bridgehead atoms. The third-order valence-corrected chi connectivity index (χ3v) is 8.86. The molecule has 0 saturated carbocycles. The van der Waals surface area contributed by atoms with Crippen LogP contribution in [0.15, 0.2) is 60.7 Å². The highest BCUT2D eigenvalue weighted by molar-refractivity contribution is 5.65. The van der Waals surface area contributed by atoms with Gasteiger partial charge in [0.1, 0.15) is 34.4 Å². The molecule has 1 unspecified atom stereocenters. The zero-order valence-corrected chi connectivity index (χ0v) is 26.8. The number of hydrogen-bond acceptors (Lipinski definition) is 1. The van der Waals surface area contributed by atoms with Crippen LogP contribution < -0.4 is 4.74 Å². The van der Waals surface area contributed by atoms with Gasteiger partial charge in [-0.2, -0.15) is 8.78 Å². The Morgan fingerprint density at radius 2 is 1.28 bits per heavy atom. The normalized spacial score (nSPS) is 13.6. The van der Waals surface area contributed by atoms with Crippen LogP contribution in [0.1, 0.15) is 76.6 Å². The summed E-state index contributed by atoms with van der Waals surface area (Å²) in [5, 5.41) is 0. The number of ether oxygens (including phenoxy) is 1. The molecule has 0 saturated heterocycles. The average Bonchev–Trinajstić information content (AvgIpc) is 2.97. The molecule has 4 aromatic carbocycles. The SMILES string of the molecule is CCC(C)(c1c(F)cc(C(C)(C)c2ccc(CCC(C)C)cc2F)cc1F)C(F)(F)Oc1ccc(-c2cc(F)c(F)c(F)c2)c(F)c1. The van der Waals surface area contributed by atoms with Gasteiger partial charge in [0.15, 0.2) is 17.5 Å². The Morgan fingerprint density at radius 3 is 1.79 bits per heavy atom. The van der Waals surface area contributed by atoms with Gasteiger partial charge in [-0.3, -0.25) is 0 Å². The van der Waals surface area contributed by atoms with Crippen LogP contribution in [0, 0.1) is 46.6 Å². The summed E-state index contributed by atoms with van der Waals surface area (Å²) in [6.07, 6.45) is -3.34. The smallest absolute Gasteiger partial charge is 0.407 e. The molecule has 0 heterocycles. The predicted molar refractivity (Wildman–Crippen MR) is 163 cm³/mol. The molecule has 0 N–H and O–H groups in total. The second-order valence-corrected chi connectivity index (χ2v) is 12.9. The van der Waals surface area contributed by atoms with Crippen molar-refractivity contribution in [1.82, 2.24) is 0 Å². The summed E-state index contributed by atoms with van der Waals surface area (Å²) in [6, 6.07) is 9.84. The Hall–Kier alpha value is -3.95. The molecule has 47 heavy (non-hydrogen) atoms. The van der Waals surface area contributed by atoms with E-state index < -0.39 is 86.5 Å². The summed E-state index contributed by atoms with van der Waals surface area (Å²) in [5.74, 6) is -9.66. The van der Waals surface area contributed by atoms with Crippen LogP contribution in [0.5, 0.6) is 5.75 Å². The van der Waals surface area contributed by atoms with E-state index >= 15 is 22.0 Å². The zero-order chi connectivity index (χ0) is 35.1. The first-order valence-corrected chi connectivity index (χ1v) is 15.1. The predicted octanol–water partition coefficient (Wildman–Crippen LogP) is 11.6. The van der Waals surface area contributed by atoms with Gasteiger partial charge in [-0.15, -0.1) is 0 Å². The molecule has 0 fully saturated rings. The maximum atomic E-state index is 15.8. The van der Waals surface area contributed by atoms with E-state index in [9.17, 15) is 17.6 Å². The minimum Gasteiger partial charge on any atom is -0.432 e. The van der Waals surface area contributed by atoms with Gasteiger partial charge >= 0.3 is 6.11 Å². The summed E-state index contributed by atoms with van der Waals surface area (Å²) >= 11 is 0. The van der Waals surface area contributed by atoms with Crippen LogP contribution in [-0.2, 0) is 17.3 Å². The Labute approximate surface area is 268 Å². The second-order valence-electron chi connectivity index (χ2n) is 12.9. The van der Waals surface area contributed by atoms with Gasteiger partial charge in [-0.1, -0.05) is 46.8 Å². The van der Waals surface area contributed by atoms with E-state index in [4.69, 9.17) is 4.74 Å². The maximum Gasteiger partial charge on any atom is 0.407 e. The molecular formula is C37H35F9O. The first-order chi connectivity index (χ1) is 21.8. The van der Waals surface area contributed by atoms with E-state index in [2.05, 4.69) is 0 Å². The highest BCUT2D eigenvalue weighted by atomic mass is 19.3. The van der Waals surface area contributed by atoms with Crippen LogP contribution in [-0.4, -0.2) is 6.11 Å². The lowest BCUT2D eigenvalue weighted by Gasteiger charge is -2.37. The highest BCUT2D eigenvalue weighted by Crippen LogP contribution is 2.47. The largest absolute Gasteiger partial charge is 0.432 e. The molecule has 10 heteroatoms. The number of rotatable bonds is 11. The highest BCUT2D eigenvalue weighted by Gasteiger charge is 2.55. The molecule has 0 aromatic heterocycles. The summed E-state index contributed by atoms with van der Waals surface area (Å²) in [7, 11) is 0. The van der Waals surface area contributed by atoms with Crippen LogP contribution in [0.25, 0.3) is 11.1 Å². The fourth-order valence-corrected chi connectivity index (χ4v) is 5.59. The molecule has 0 radical (unpaired) electrons. The number of benzene rings is 4. The summed E-state index contributed by atoms with van der Waals surface area (Å²) in [4.78, 5) is 0. The van der Waals surface area contributed by atoms with Crippen molar-refractivity contribution in [2.24, 2.45) is 5.92 Å². The van der Waals surface area contributed by atoms with Crippen molar-refractivity contribution in [2.75, 3.05) is 0 Å². The van der Waals surface area contributed by atoms with Crippen LogP contribution in [0.2, 0.25) is 0 Å². The number of halogens is 9. The molecule has 252 valence electrons. The average molecular weight is 667 g/mol. The van der Waals surface area contributed by atoms with E-state index in [0.717, 1.165) is 43.2 Å². The lowest BCUT2D eigenvalue weighted by Crippen LogP contribution is -2.48. The van der Waals surface area contributed by atoms with Crippen molar-refractivity contribution in [3.63, 3.8) is 0 Å². The molecule has 0 aliphatic heterocycles. The molecule has 1 atom stereocenters. The minimum absolute atomic E-state index is 0.0131. The zero-order valence-electron chi connectivity index (χ0n) is 26.8. The van der Waals surface area contributed by atoms with Gasteiger partial charge in [0.25, 0.3) is 0 Å². The van der Waals surface area contributed by atoms with E-state index in [1.165, 1.54) is 13.0 Å². The fourth-order valence-electron chi connectivity index (χ4n) is 5.59.